The molecule has 0 aliphatic carbocycles. The quantitative estimate of drug-likeness (QED) is 0.403. The molecule has 1 atom stereocenters. The van der Waals surface area contributed by atoms with E-state index < -0.39 is 11.4 Å². The van der Waals surface area contributed by atoms with E-state index in [1.165, 1.54) is 0 Å². The smallest absolute Gasteiger partial charge is 0.335 e. The number of carbonyl (C=O) groups excluding carboxylic acids is 1. The number of aromatic carboxylic acids is 1. The summed E-state index contributed by atoms with van der Waals surface area (Å²) in [6.45, 7) is 12.1. The van der Waals surface area contributed by atoms with Crippen molar-refractivity contribution in [2.24, 2.45) is 5.41 Å². The number of ether oxygens (including phenoxy) is 1. The van der Waals surface area contributed by atoms with E-state index in [4.69, 9.17) is 9.84 Å². The molecule has 0 saturated carbocycles. The van der Waals surface area contributed by atoms with Gasteiger partial charge >= 0.3 is 11.9 Å². The molecule has 0 fully saturated rings. The van der Waals surface area contributed by atoms with Gasteiger partial charge in [0.2, 0.25) is 0 Å². The van der Waals surface area contributed by atoms with Crippen molar-refractivity contribution in [3.05, 3.63) is 35.4 Å². The number of carboxylic acids is 1. The number of esters is 1. The van der Waals surface area contributed by atoms with Crippen LogP contribution in [0.4, 0.5) is 0 Å². The standard InChI is InChI=1S/C19H29NO4S.CH4/c1-18(2,3)17(23)24-11-12-25-15(20-19(4,5)6)13-7-9-14(10-8-13)16(21)22;/h7-10,15,20H,11-12H2,1-6H3,(H,21,22);1H4. The monoisotopic (exact) mass is 383 g/mol. The average molecular weight is 384 g/mol. The molecular weight excluding hydrogens is 350 g/mol. The van der Waals surface area contributed by atoms with Gasteiger partial charge in [0.15, 0.2) is 0 Å². The fourth-order valence-electron chi connectivity index (χ4n) is 1.93. The summed E-state index contributed by atoms with van der Waals surface area (Å²) in [7, 11) is 0. The molecule has 0 amide bonds. The van der Waals surface area contributed by atoms with E-state index in [2.05, 4.69) is 26.1 Å². The highest BCUT2D eigenvalue weighted by Crippen LogP contribution is 2.29. The molecule has 2 N–H and O–H groups in total. The SMILES string of the molecule is C.CC(C)(C)NC(SCCOC(=O)C(C)(C)C)c1ccc(C(=O)O)cc1. The van der Waals surface area contributed by atoms with E-state index in [0.717, 1.165) is 5.56 Å². The van der Waals surface area contributed by atoms with Crippen molar-refractivity contribution < 1.29 is 19.4 Å². The first-order chi connectivity index (χ1) is 11.4. The van der Waals surface area contributed by atoms with Gasteiger partial charge in [0, 0.05) is 11.3 Å². The number of carbonyl (C=O) groups is 2. The topological polar surface area (TPSA) is 75.6 Å². The first kappa shape index (κ1) is 24.5. The van der Waals surface area contributed by atoms with Gasteiger partial charge in [-0.05, 0) is 59.2 Å². The molecule has 1 rings (SSSR count). The van der Waals surface area contributed by atoms with Crippen LogP contribution in [0.15, 0.2) is 24.3 Å². The third kappa shape index (κ3) is 8.72. The van der Waals surface area contributed by atoms with Crippen LogP contribution in [0.3, 0.4) is 0 Å². The molecule has 0 bridgehead atoms. The summed E-state index contributed by atoms with van der Waals surface area (Å²) in [6, 6.07) is 6.85. The lowest BCUT2D eigenvalue weighted by molar-refractivity contribution is -0.152. The number of hydrogen-bond acceptors (Lipinski definition) is 5. The van der Waals surface area contributed by atoms with Gasteiger partial charge in [-0.15, -0.1) is 11.8 Å². The van der Waals surface area contributed by atoms with Crippen molar-refractivity contribution in [3.63, 3.8) is 0 Å². The minimum atomic E-state index is -0.936. The molecule has 0 heterocycles. The van der Waals surface area contributed by atoms with Gasteiger partial charge < -0.3 is 9.84 Å². The van der Waals surface area contributed by atoms with Crippen molar-refractivity contribution in [1.29, 1.82) is 0 Å². The summed E-state index contributed by atoms with van der Waals surface area (Å²) in [5.41, 5.74) is 0.653. The normalized spacial score (nSPS) is 12.8. The van der Waals surface area contributed by atoms with Crippen molar-refractivity contribution in [2.75, 3.05) is 12.4 Å². The first-order valence-electron chi connectivity index (χ1n) is 8.30. The minimum absolute atomic E-state index is 0. The fourth-order valence-corrected chi connectivity index (χ4v) is 3.13. The van der Waals surface area contributed by atoms with Gasteiger partial charge in [0.1, 0.15) is 6.61 Å². The van der Waals surface area contributed by atoms with Crippen LogP contribution in [-0.4, -0.2) is 34.9 Å². The van der Waals surface area contributed by atoms with Crippen LogP contribution in [0.2, 0.25) is 0 Å². The van der Waals surface area contributed by atoms with E-state index in [0.29, 0.717) is 12.4 Å². The Labute approximate surface area is 161 Å². The molecule has 1 aromatic carbocycles. The Kier molecular flexibility index (Phi) is 9.39. The highest BCUT2D eigenvalue weighted by Gasteiger charge is 2.23. The summed E-state index contributed by atoms with van der Waals surface area (Å²) in [5.74, 6) is -0.496. The zero-order chi connectivity index (χ0) is 19.3. The van der Waals surface area contributed by atoms with Crippen molar-refractivity contribution >= 4 is 23.7 Å². The maximum atomic E-state index is 11.8. The largest absolute Gasteiger partial charge is 0.478 e. The molecule has 0 aliphatic heterocycles. The Morgan fingerprint density at radius 1 is 1.12 bits per heavy atom. The Morgan fingerprint density at radius 3 is 2.08 bits per heavy atom. The van der Waals surface area contributed by atoms with Crippen LogP contribution >= 0.6 is 11.8 Å². The summed E-state index contributed by atoms with van der Waals surface area (Å²) < 4.78 is 5.31. The van der Waals surface area contributed by atoms with E-state index in [-0.39, 0.29) is 29.9 Å². The third-order valence-electron chi connectivity index (χ3n) is 3.24. The molecule has 0 radical (unpaired) electrons. The molecule has 0 spiro atoms. The zero-order valence-electron chi connectivity index (χ0n) is 15.9. The second-order valence-electron chi connectivity index (χ2n) is 7.96. The Morgan fingerprint density at radius 2 is 1.65 bits per heavy atom. The van der Waals surface area contributed by atoms with E-state index >= 15 is 0 Å². The van der Waals surface area contributed by atoms with Gasteiger partial charge in [0.25, 0.3) is 0 Å². The second-order valence-corrected chi connectivity index (χ2v) is 9.17. The number of benzene rings is 1. The molecule has 5 nitrogen and oxygen atoms in total. The van der Waals surface area contributed by atoms with E-state index in [1.807, 2.05) is 32.9 Å². The highest BCUT2D eigenvalue weighted by atomic mass is 32.2. The predicted molar refractivity (Wildman–Crippen MR) is 109 cm³/mol. The van der Waals surface area contributed by atoms with Crippen molar-refractivity contribution in [1.82, 2.24) is 5.32 Å². The van der Waals surface area contributed by atoms with E-state index in [1.54, 1.807) is 23.9 Å². The Bertz CT molecular complexity index is 585. The van der Waals surface area contributed by atoms with Crippen molar-refractivity contribution in [2.45, 2.75) is 59.9 Å². The number of carboxylic acid groups (broad SMARTS) is 1. The zero-order valence-corrected chi connectivity index (χ0v) is 16.7. The molecule has 148 valence electrons. The van der Waals surface area contributed by atoms with Crippen LogP contribution in [-0.2, 0) is 9.53 Å². The molecule has 1 unspecified atom stereocenters. The molecule has 6 heteroatoms. The van der Waals surface area contributed by atoms with Crippen LogP contribution in [0.5, 0.6) is 0 Å². The lowest BCUT2D eigenvalue weighted by Crippen LogP contribution is -2.38. The number of rotatable bonds is 7. The number of nitrogens with one attached hydrogen (secondary N) is 1. The van der Waals surface area contributed by atoms with Gasteiger partial charge in [-0.3, -0.25) is 10.1 Å². The molecule has 0 aliphatic rings. The van der Waals surface area contributed by atoms with Crippen molar-refractivity contribution in [3.8, 4) is 0 Å². The van der Waals surface area contributed by atoms with Crippen LogP contribution in [0, 0.1) is 5.41 Å². The third-order valence-corrected chi connectivity index (χ3v) is 4.36. The Balaban J connectivity index is 0.00000625. The number of thioether (sulfide) groups is 1. The van der Waals surface area contributed by atoms with Crippen LogP contribution in [0.1, 0.15) is 70.3 Å². The lowest BCUT2D eigenvalue weighted by atomic mass is 9.97. The molecule has 1 aromatic rings. The fraction of sp³-hybridized carbons (Fsp3) is 0.600. The minimum Gasteiger partial charge on any atom is -0.478 e. The molecular formula is C20H33NO4S. The van der Waals surface area contributed by atoms with Gasteiger partial charge in [-0.2, -0.15) is 0 Å². The highest BCUT2D eigenvalue weighted by molar-refractivity contribution is 7.99. The summed E-state index contributed by atoms with van der Waals surface area (Å²) in [4.78, 5) is 22.8. The summed E-state index contributed by atoms with van der Waals surface area (Å²) >= 11 is 1.63. The van der Waals surface area contributed by atoms with Gasteiger partial charge in [-0.1, -0.05) is 19.6 Å². The van der Waals surface area contributed by atoms with E-state index in [9.17, 15) is 9.59 Å². The molecule has 0 saturated heterocycles. The second kappa shape index (κ2) is 9.97. The molecule has 0 aromatic heterocycles. The van der Waals surface area contributed by atoms with Gasteiger partial charge in [0.05, 0.1) is 16.4 Å². The van der Waals surface area contributed by atoms with Crippen LogP contribution in [0.25, 0.3) is 0 Å². The summed E-state index contributed by atoms with van der Waals surface area (Å²) in [5, 5.41) is 12.5. The number of hydrogen-bond donors (Lipinski definition) is 2. The predicted octanol–water partition coefficient (Wildman–Crippen LogP) is 4.73. The Hall–Kier alpha value is -1.53. The van der Waals surface area contributed by atoms with Gasteiger partial charge in [-0.25, -0.2) is 4.79 Å². The first-order valence-corrected chi connectivity index (χ1v) is 9.35. The maximum absolute atomic E-state index is 11.8. The van der Waals surface area contributed by atoms with Crippen LogP contribution < -0.4 is 5.32 Å². The molecule has 26 heavy (non-hydrogen) atoms. The average Bonchev–Trinajstić information content (AvgIpc) is 2.48. The summed E-state index contributed by atoms with van der Waals surface area (Å²) in [6.07, 6.45) is 0. The maximum Gasteiger partial charge on any atom is 0.335 e. The lowest BCUT2D eigenvalue weighted by Gasteiger charge is -2.28.